The molecule has 0 saturated heterocycles. The number of allylic oxidation sites excluding steroid dienone is 4. The predicted molar refractivity (Wildman–Crippen MR) is 135 cm³/mol. The van der Waals surface area contributed by atoms with Gasteiger partial charge in [-0.3, -0.25) is 0 Å². The molecule has 0 saturated carbocycles. The maximum atomic E-state index is 7.44. The van der Waals surface area contributed by atoms with Crippen LogP contribution in [0, 0.1) is 18.8 Å². The van der Waals surface area contributed by atoms with Crippen LogP contribution in [0.1, 0.15) is 50.8 Å². The molecule has 29 heavy (non-hydrogen) atoms. The maximum Gasteiger partial charge on any atom is -0.147 e. The molecule has 2 rings (SSSR count). The molecule has 169 valence electrons. The Balaban J connectivity index is 0.00000392. The largest absolute Gasteiger partial charge is 0.147 e. The van der Waals surface area contributed by atoms with Gasteiger partial charge in [0.25, 0.3) is 0 Å². The SMILES string of the molecule is Cc1cc(CC(C)C)c([O][Ti]([CH3])([CH3])([CH3])([CH3])([CH3])[C]2=CC=CC2)c(CC(C)C)c1.Cl.Cl. The first-order valence-corrected chi connectivity index (χ1v) is 20.1. The van der Waals surface area contributed by atoms with Crippen molar-refractivity contribution in [2.24, 2.45) is 11.8 Å². The second-order valence-electron chi connectivity index (χ2n) is 14.4. The maximum absolute atomic E-state index is 7.44. The van der Waals surface area contributed by atoms with E-state index in [0.717, 1.165) is 19.3 Å². The minimum Gasteiger partial charge on any atom is -0.147 e. The number of hydrogen-bond donors (Lipinski definition) is 0. The average molecular weight is 480 g/mol. The van der Waals surface area contributed by atoms with E-state index in [9.17, 15) is 0 Å². The molecule has 0 atom stereocenters. The molecule has 1 aromatic carbocycles. The van der Waals surface area contributed by atoms with E-state index in [1.165, 1.54) is 26.3 Å². The second kappa shape index (κ2) is 7.73. The summed E-state index contributed by atoms with van der Waals surface area (Å²) in [4.78, 5) is 0. The molecule has 4 heteroatoms. The Hall–Kier alpha value is -0.206. The van der Waals surface area contributed by atoms with Crippen LogP contribution in [-0.4, -0.2) is 0 Å². The molecule has 1 aliphatic carbocycles. The van der Waals surface area contributed by atoms with Gasteiger partial charge in [-0.2, -0.15) is 0 Å². The van der Waals surface area contributed by atoms with Crippen molar-refractivity contribution in [3.8, 4) is 5.75 Å². The zero-order valence-corrected chi connectivity index (χ0v) is 23.6. The molecule has 0 fully saturated rings. The van der Waals surface area contributed by atoms with Crippen molar-refractivity contribution in [1.82, 2.24) is 0 Å². The molecule has 1 aliphatic rings. The van der Waals surface area contributed by atoms with Gasteiger partial charge >= 0.3 is 165 Å². The van der Waals surface area contributed by atoms with Gasteiger partial charge in [0.2, 0.25) is 0 Å². The number of benzene rings is 1. The molecule has 0 amide bonds. The molecule has 0 bridgehead atoms. The molecule has 0 radical (unpaired) electrons. The van der Waals surface area contributed by atoms with Crippen molar-refractivity contribution in [3.63, 3.8) is 0 Å². The minimum atomic E-state index is -4.38. The summed E-state index contributed by atoms with van der Waals surface area (Å²) >= 11 is -4.38. The van der Waals surface area contributed by atoms with Crippen LogP contribution < -0.4 is 3.32 Å². The summed E-state index contributed by atoms with van der Waals surface area (Å²) in [5.74, 6) is 2.39. The summed E-state index contributed by atoms with van der Waals surface area (Å²) in [5.41, 5.74) is 4.11. The molecule has 0 aromatic heterocycles. The zero-order chi connectivity index (χ0) is 20.8. The Morgan fingerprint density at radius 2 is 1.31 bits per heavy atom. The number of halogens is 2. The Bertz CT molecular complexity index is 786. The van der Waals surface area contributed by atoms with Crippen molar-refractivity contribution in [1.29, 1.82) is 0 Å². The fourth-order valence-corrected chi connectivity index (χ4v) is 10.2. The van der Waals surface area contributed by atoms with Crippen LogP contribution in [0.25, 0.3) is 0 Å². The van der Waals surface area contributed by atoms with Gasteiger partial charge in [0, 0.05) is 0 Å². The van der Waals surface area contributed by atoms with E-state index in [1.54, 1.807) is 0 Å². The van der Waals surface area contributed by atoms with E-state index >= 15 is 0 Å². The fraction of sp³-hybridized carbons (Fsp3) is 0.600. The third kappa shape index (κ3) is 7.17. The average Bonchev–Trinajstić information content (AvgIpc) is 2.95. The third-order valence-corrected chi connectivity index (χ3v) is 13.9. The van der Waals surface area contributed by atoms with Crippen LogP contribution in [0.2, 0.25) is 26.1 Å². The fourth-order valence-electron chi connectivity index (χ4n) is 4.32. The van der Waals surface area contributed by atoms with E-state index in [0.29, 0.717) is 11.8 Å². The quantitative estimate of drug-likeness (QED) is 0.353. The topological polar surface area (TPSA) is 9.23 Å². The van der Waals surface area contributed by atoms with Crippen LogP contribution >= 0.6 is 24.8 Å². The summed E-state index contributed by atoms with van der Waals surface area (Å²) in [6.07, 6.45) is 9.92. The first kappa shape index (κ1) is 28.8. The van der Waals surface area contributed by atoms with Gasteiger partial charge in [0.15, 0.2) is 0 Å². The van der Waals surface area contributed by atoms with Crippen LogP contribution in [0.3, 0.4) is 0 Å². The first-order chi connectivity index (χ1) is 11.9. The van der Waals surface area contributed by atoms with E-state index < -0.39 is 13.1 Å². The van der Waals surface area contributed by atoms with Crippen molar-refractivity contribution < 1.29 is 16.4 Å². The number of hydrogen-bond acceptors (Lipinski definition) is 1. The van der Waals surface area contributed by atoms with Crippen molar-refractivity contribution in [2.75, 3.05) is 0 Å². The molecule has 1 nitrogen and oxygen atoms in total. The molecule has 0 aliphatic heterocycles. The van der Waals surface area contributed by atoms with Crippen LogP contribution in [0.15, 0.2) is 34.2 Å². The monoisotopic (exact) mass is 479 g/mol. The van der Waals surface area contributed by atoms with E-state index in [2.05, 4.69) is 91.1 Å². The Morgan fingerprint density at radius 1 is 0.862 bits per heavy atom. The van der Waals surface area contributed by atoms with Gasteiger partial charge in [-0.05, 0) is 0 Å². The van der Waals surface area contributed by atoms with Crippen molar-refractivity contribution in [3.05, 3.63) is 50.9 Å². The van der Waals surface area contributed by atoms with Gasteiger partial charge in [-0.15, -0.1) is 24.8 Å². The molecular weight excluding hydrogens is 435 g/mol. The molecule has 0 heterocycles. The first-order valence-electron chi connectivity index (χ1n) is 10.9. The van der Waals surface area contributed by atoms with Gasteiger partial charge in [0.1, 0.15) is 0 Å². The van der Waals surface area contributed by atoms with Gasteiger partial charge in [-0.1, -0.05) is 0 Å². The Kier molecular flexibility index (Phi) is 7.68. The molecule has 0 spiro atoms. The third-order valence-electron chi connectivity index (χ3n) is 5.81. The molecule has 0 unspecified atom stereocenters. The van der Waals surface area contributed by atoms with Gasteiger partial charge in [-0.25, -0.2) is 0 Å². The minimum absolute atomic E-state index is 0. The van der Waals surface area contributed by atoms with E-state index in [1.807, 2.05) is 0 Å². The summed E-state index contributed by atoms with van der Waals surface area (Å²) < 4.78 is 8.92. The van der Waals surface area contributed by atoms with Crippen LogP contribution in [0.5, 0.6) is 5.75 Å². The van der Waals surface area contributed by atoms with Crippen molar-refractivity contribution >= 4 is 24.8 Å². The van der Waals surface area contributed by atoms with Crippen LogP contribution in [0.4, 0.5) is 0 Å². The Morgan fingerprint density at radius 3 is 1.66 bits per heavy atom. The number of aryl methyl sites for hydroxylation is 1. The molecule has 0 N–H and O–H groups in total. The normalized spacial score (nSPS) is 17.5. The van der Waals surface area contributed by atoms with Crippen molar-refractivity contribution in [2.45, 2.75) is 80.0 Å². The summed E-state index contributed by atoms with van der Waals surface area (Å²) in [6, 6.07) is 4.71. The van der Waals surface area contributed by atoms with E-state index in [4.69, 9.17) is 3.32 Å². The summed E-state index contributed by atoms with van der Waals surface area (Å²) in [7, 11) is 0. The number of rotatable bonds is 7. The Labute approximate surface area is 189 Å². The predicted octanol–water partition coefficient (Wildman–Crippen LogP) is 9.37. The van der Waals surface area contributed by atoms with Gasteiger partial charge in [0.05, 0.1) is 0 Å². The summed E-state index contributed by atoms with van der Waals surface area (Å²) in [5, 5.41) is 12.2. The standard InChI is InChI=1S/C15H24O.C5H5.5CH3.2ClH.Ti/c1-10(2)6-13-8-12(5)9-14(15(13)16)7-11(3)4;1-2-4-5-3-1;;;;;;;;/h8-11,16H,6-7H2,1-5H3;1-3H,4H2;5*1H3;2*1H;/q;;;;;;;;;+1/p-1. The van der Waals surface area contributed by atoms with E-state index in [-0.39, 0.29) is 24.8 Å². The molecular formula is C25H45Cl2OTi. The summed E-state index contributed by atoms with van der Waals surface area (Å²) in [6.45, 7) is 11.4. The smallest absolute Gasteiger partial charge is 0.147 e. The van der Waals surface area contributed by atoms with Crippen LogP contribution in [-0.2, 0) is 26.0 Å². The molecule has 1 aromatic rings. The second-order valence-corrected chi connectivity index (χ2v) is 38.8. The van der Waals surface area contributed by atoms with Gasteiger partial charge < -0.3 is 0 Å². The zero-order valence-electron chi connectivity index (χ0n) is 20.4.